The van der Waals surface area contributed by atoms with Crippen molar-refractivity contribution in [3.8, 4) is 11.5 Å². The third-order valence-corrected chi connectivity index (χ3v) is 6.39. The zero-order valence-corrected chi connectivity index (χ0v) is 19.5. The molecule has 0 bridgehead atoms. The monoisotopic (exact) mass is 512 g/mol. The van der Waals surface area contributed by atoms with E-state index < -0.39 is 40.9 Å². The van der Waals surface area contributed by atoms with Crippen LogP contribution in [0, 0.1) is 17.5 Å². The molecule has 2 atom stereocenters. The Kier molecular flexibility index (Phi) is 6.81. The van der Waals surface area contributed by atoms with E-state index >= 15 is 0 Å². The van der Waals surface area contributed by atoms with Crippen LogP contribution in [-0.2, 0) is 4.79 Å². The molecule has 192 valence electrons. The highest BCUT2D eigenvalue weighted by atomic mass is 19.1. The largest absolute Gasteiger partial charge is 0.454 e. The molecule has 2 aliphatic rings. The lowest BCUT2D eigenvalue weighted by Gasteiger charge is -2.18. The second kappa shape index (κ2) is 10.2. The number of Topliss-reactive ketones (excluding diaryl/α,β-unsaturated/α-hetero) is 1. The first-order valence-electron chi connectivity index (χ1n) is 11.7. The number of ketones is 1. The molecule has 0 spiro atoms. The zero-order chi connectivity index (χ0) is 26.1. The van der Waals surface area contributed by atoms with Crippen molar-refractivity contribution in [1.29, 1.82) is 0 Å². The average Bonchev–Trinajstić information content (AvgIpc) is 3.47. The predicted molar refractivity (Wildman–Crippen MR) is 128 cm³/mol. The van der Waals surface area contributed by atoms with Crippen molar-refractivity contribution in [2.24, 2.45) is 0 Å². The Morgan fingerprint density at radius 1 is 1.11 bits per heavy atom. The molecule has 2 unspecified atom stereocenters. The SMILES string of the molecule is O=C(Nc1ccc(Oc2ccnc3c2C(C(=O)CN2CCC(O)C2)CN3)c(F)c1)c1c(F)cccc1F. The molecule has 3 heterocycles. The van der Waals surface area contributed by atoms with Gasteiger partial charge in [-0.3, -0.25) is 14.5 Å². The highest BCUT2D eigenvalue weighted by Gasteiger charge is 2.35. The number of nitrogens with one attached hydrogen (secondary N) is 2. The number of fused-ring (bicyclic) bond motifs is 1. The number of aromatic nitrogens is 1. The van der Waals surface area contributed by atoms with Crippen LogP contribution in [-0.4, -0.2) is 59.0 Å². The summed E-state index contributed by atoms with van der Waals surface area (Å²) in [6.45, 7) is 1.56. The number of β-amino-alcohol motifs (C(OH)–C–C–N with tert-alkyl or cyclic N) is 1. The molecular weight excluding hydrogens is 489 g/mol. The molecule has 1 aromatic heterocycles. The van der Waals surface area contributed by atoms with Crippen molar-refractivity contribution in [2.75, 3.05) is 36.8 Å². The Labute approximate surface area is 210 Å². The summed E-state index contributed by atoms with van der Waals surface area (Å²) in [5.41, 5.74) is -0.290. The Bertz CT molecular complexity index is 1350. The molecule has 0 saturated carbocycles. The summed E-state index contributed by atoms with van der Waals surface area (Å²) in [7, 11) is 0. The van der Waals surface area contributed by atoms with Gasteiger partial charge in [0.1, 0.15) is 28.8 Å². The number of likely N-dealkylation sites (tertiary alicyclic amines) is 1. The molecule has 1 amide bonds. The molecule has 5 rings (SSSR count). The smallest absolute Gasteiger partial charge is 0.261 e. The van der Waals surface area contributed by atoms with Crippen LogP contribution >= 0.6 is 0 Å². The van der Waals surface area contributed by atoms with Gasteiger partial charge in [-0.2, -0.15) is 0 Å². The fraction of sp³-hybridized carbons (Fsp3) is 0.269. The maximum atomic E-state index is 14.9. The van der Waals surface area contributed by atoms with Crippen LogP contribution in [0.4, 0.5) is 24.7 Å². The number of aliphatic hydroxyl groups excluding tert-OH is 1. The van der Waals surface area contributed by atoms with Crippen molar-refractivity contribution >= 4 is 23.2 Å². The van der Waals surface area contributed by atoms with E-state index in [0.29, 0.717) is 37.4 Å². The number of halogens is 3. The lowest BCUT2D eigenvalue weighted by molar-refractivity contribution is -0.121. The van der Waals surface area contributed by atoms with E-state index in [2.05, 4.69) is 15.6 Å². The summed E-state index contributed by atoms with van der Waals surface area (Å²) in [6.07, 6.45) is 1.65. The number of aliphatic hydroxyl groups is 1. The lowest BCUT2D eigenvalue weighted by Crippen LogP contribution is -2.32. The molecule has 0 aliphatic carbocycles. The minimum absolute atomic E-state index is 0.0278. The molecule has 0 radical (unpaired) electrons. The van der Waals surface area contributed by atoms with Crippen LogP contribution in [0.1, 0.15) is 28.3 Å². The normalized spacial score (nSPS) is 18.8. The van der Waals surface area contributed by atoms with Gasteiger partial charge in [-0.05, 0) is 36.8 Å². The third-order valence-electron chi connectivity index (χ3n) is 6.39. The summed E-state index contributed by atoms with van der Waals surface area (Å²) >= 11 is 0. The zero-order valence-electron chi connectivity index (χ0n) is 19.5. The minimum Gasteiger partial charge on any atom is -0.454 e. The van der Waals surface area contributed by atoms with Gasteiger partial charge in [-0.1, -0.05) is 6.07 Å². The molecule has 3 N–H and O–H groups in total. The number of amides is 1. The number of hydrogen-bond donors (Lipinski definition) is 3. The Hall–Kier alpha value is -3.96. The van der Waals surface area contributed by atoms with Crippen molar-refractivity contribution in [2.45, 2.75) is 18.4 Å². The average molecular weight is 512 g/mol. The first-order valence-corrected chi connectivity index (χ1v) is 11.7. The molecule has 3 aromatic rings. The van der Waals surface area contributed by atoms with E-state index in [0.717, 1.165) is 24.3 Å². The van der Waals surface area contributed by atoms with Gasteiger partial charge in [0.05, 0.1) is 18.6 Å². The van der Waals surface area contributed by atoms with Gasteiger partial charge in [0.25, 0.3) is 5.91 Å². The van der Waals surface area contributed by atoms with Crippen molar-refractivity contribution in [1.82, 2.24) is 9.88 Å². The van der Waals surface area contributed by atoms with E-state index in [-0.39, 0.29) is 29.5 Å². The van der Waals surface area contributed by atoms with Crippen LogP contribution < -0.4 is 15.4 Å². The second-order valence-corrected chi connectivity index (χ2v) is 8.95. The molecule has 2 aromatic carbocycles. The number of nitrogens with zero attached hydrogens (tertiary/aromatic N) is 2. The van der Waals surface area contributed by atoms with Gasteiger partial charge in [0.15, 0.2) is 17.3 Å². The van der Waals surface area contributed by atoms with Gasteiger partial charge >= 0.3 is 0 Å². The number of carbonyl (C=O) groups is 2. The number of benzene rings is 2. The van der Waals surface area contributed by atoms with E-state index in [1.807, 2.05) is 4.90 Å². The van der Waals surface area contributed by atoms with Crippen molar-refractivity contribution in [3.05, 3.63) is 77.2 Å². The minimum atomic E-state index is -1.06. The fourth-order valence-electron chi connectivity index (χ4n) is 4.57. The number of pyridine rings is 1. The summed E-state index contributed by atoms with van der Waals surface area (Å²) < 4.78 is 48.5. The summed E-state index contributed by atoms with van der Waals surface area (Å²) in [5.74, 6) is -4.07. The first-order chi connectivity index (χ1) is 17.8. The van der Waals surface area contributed by atoms with Crippen LogP contribution in [0.2, 0.25) is 0 Å². The molecular formula is C26H23F3N4O4. The highest BCUT2D eigenvalue weighted by Crippen LogP contribution is 2.40. The van der Waals surface area contributed by atoms with Gasteiger partial charge in [-0.25, -0.2) is 18.2 Å². The quantitative estimate of drug-likeness (QED) is 0.444. The van der Waals surface area contributed by atoms with Crippen molar-refractivity contribution < 1.29 is 32.6 Å². The Morgan fingerprint density at radius 3 is 2.59 bits per heavy atom. The topological polar surface area (TPSA) is 104 Å². The van der Waals surface area contributed by atoms with E-state index in [4.69, 9.17) is 4.74 Å². The van der Waals surface area contributed by atoms with Crippen LogP contribution in [0.5, 0.6) is 11.5 Å². The van der Waals surface area contributed by atoms with Crippen LogP contribution in [0.15, 0.2) is 48.7 Å². The number of rotatable bonds is 7. The molecule has 1 fully saturated rings. The molecule has 8 nitrogen and oxygen atoms in total. The third kappa shape index (κ3) is 5.13. The van der Waals surface area contributed by atoms with E-state index in [9.17, 15) is 27.9 Å². The maximum Gasteiger partial charge on any atom is 0.261 e. The Morgan fingerprint density at radius 2 is 1.89 bits per heavy atom. The molecule has 11 heteroatoms. The van der Waals surface area contributed by atoms with Crippen LogP contribution in [0.25, 0.3) is 0 Å². The molecule has 1 saturated heterocycles. The number of hydrogen-bond acceptors (Lipinski definition) is 7. The molecule has 2 aliphatic heterocycles. The summed E-state index contributed by atoms with van der Waals surface area (Å²) in [6, 6.07) is 8.12. The maximum absolute atomic E-state index is 14.9. The van der Waals surface area contributed by atoms with Gasteiger partial charge in [0.2, 0.25) is 0 Å². The Balaban J connectivity index is 1.32. The summed E-state index contributed by atoms with van der Waals surface area (Å²) in [5, 5.41) is 15.1. The standard InChI is InChI=1S/C26H23F3N4O4/c27-17-2-1-3-18(28)24(17)26(36)32-14-4-5-21(19(29)10-14)37-22-6-8-30-25-23(22)16(11-31-25)20(35)13-33-9-7-15(34)12-33/h1-6,8,10,15-16,34H,7,9,11-13H2,(H,30,31)(H,32,36). The lowest BCUT2D eigenvalue weighted by atomic mass is 9.97. The van der Waals surface area contributed by atoms with E-state index in [1.54, 1.807) is 0 Å². The van der Waals surface area contributed by atoms with Gasteiger partial charge in [0, 0.05) is 43.1 Å². The van der Waals surface area contributed by atoms with E-state index in [1.165, 1.54) is 24.4 Å². The van der Waals surface area contributed by atoms with Gasteiger partial charge in [-0.15, -0.1) is 0 Å². The predicted octanol–water partition coefficient (Wildman–Crippen LogP) is 3.69. The van der Waals surface area contributed by atoms with Crippen LogP contribution in [0.3, 0.4) is 0 Å². The first kappa shape index (κ1) is 24.7. The van der Waals surface area contributed by atoms with Gasteiger partial charge < -0.3 is 20.5 Å². The fourth-order valence-corrected chi connectivity index (χ4v) is 4.57. The summed E-state index contributed by atoms with van der Waals surface area (Å²) in [4.78, 5) is 31.5. The highest BCUT2D eigenvalue weighted by molar-refractivity contribution is 6.04. The number of ether oxygens (including phenoxy) is 1. The number of anilines is 2. The molecule has 37 heavy (non-hydrogen) atoms. The second-order valence-electron chi connectivity index (χ2n) is 8.95. The van der Waals surface area contributed by atoms with Crippen molar-refractivity contribution in [3.63, 3.8) is 0 Å². The number of carbonyl (C=O) groups excluding carboxylic acids is 2.